The van der Waals surface area contributed by atoms with Crippen molar-refractivity contribution in [3.8, 4) is 11.5 Å². The Morgan fingerprint density at radius 3 is 2.51 bits per heavy atom. The van der Waals surface area contributed by atoms with E-state index in [4.69, 9.17) is 9.47 Å². The molecule has 3 unspecified atom stereocenters. The second-order valence-corrected chi connectivity index (χ2v) is 13.2. The fraction of sp³-hybridized carbons (Fsp3) is 0.742. The molecule has 1 saturated heterocycles. The van der Waals surface area contributed by atoms with Gasteiger partial charge in [-0.1, -0.05) is 51.2 Å². The lowest BCUT2D eigenvalue weighted by atomic mass is 9.46. The molecule has 1 aromatic rings. The fourth-order valence-corrected chi connectivity index (χ4v) is 8.89. The van der Waals surface area contributed by atoms with Crippen molar-refractivity contribution in [1.82, 2.24) is 10.2 Å². The molecule has 6 heteroatoms. The molecule has 2 amide bonds. The van der Waals surface area contributed by atoms with Crippen molar-refractivity contribution >= 4 is 11.8 Å². The molecule has 2 aliphatic heterocycles. The van der Waals surface area contributed by atoms with E-state index in [1.165, 1.54) is 32.1 Å². The third-order valence-electron chi connectivity index (χ3n) is 10.3. The first-order valence-corrected chi connectivity index (χ1v) is 14.9. The van der Waals surface area contributed by atoms with Crippen LogP contribution in [-0.4, -0.2) is 36.1 Å². The number of nitrogens with one attached hydrogen (secondary N) is 1. The SMILES string of the molecule is CCCCCCCCNC(=O)[C@]12CC3CC(C1)[C@@H](N1C(=O)C(C)(C)C1c1cccc4c1OCO4)[C@@H](C3)C2. The zero-order valence-corrected chi connectivity index (χ0v) is 22.9. The third kappa shape index (κ3) is 4.04. The number of nitrogens with zero attached hydrogens (tertiary/aromatic N) is 1. The smallest absolute Gasteiger partial charge is 0.231 e. The molecule has 202 valence electrons. The summed E-state index contributed by atoms with van der Waals surface area (Å²) in [5.74, 6) is 3.54. The number of fused-ring (bicyclic) bond motifs is 1. The maximum atomic E-state index is 13.6. The average molecular weight is 509 g/mol. The molecule has 4 saturated carbocycles. The molecule has 6 aliphatic rings. The van der Waals surface area contributed by atoms with Crippen molar-refractivity contribution in [2.45, 2.75) is 103 Å². The minimum Gasteiger partial charge on any atom is -0.454 e. The summed E-state index contributed by atoms with van der Waals surface area (Å²) >= 11 is 0. The Morgan fingerprint density at radius 2 is 1.76 bits per heavy atom. The summed E-state index contributed by atoms with van der Waals surface area (Å²) in [6.45, 7) is 7.42. The van der Waals surface area contributed by atoms with Crippen LogP contribution in [-0.2, 0) is 9.59 Å². The first kappa shape index (κ1) is 25.1. The molecule has 6 atom stereocenters. The number of hydrogen-bond acceptors (Lipinski definition) is 4. The standard InChI is InChI=1S/C31H44N2O4/c1-4-5-6-7-8-9-13-32-28(34)31-16-20-14-21(17-31)25(22(15-20)18-31)33-27(30(2,3)29(33)35)23-11-10-12-24-26(23)37-19-36-24/h10-12,20-22,25,27H,4-9,13-19H2,1-3H3,(H,32,34)/t20?,21-,22?,25-,27?,31-/m0/s1. The Bertz CT molecular complexity index is 1040. The zero-order valence-electron chi connectivity index (χ0n) is 22.9. The third-order valence-corrected chi connectivity index (χ3v) is 10.3. The Kier molecular flexibility index (Phi) is 6.43. The van der Waals surface area contributed by atoms with Crippen molar-refractivity contribution in [2.24, 2.45) is 28.6 Å². The van der Waals surface area contributed by atoms with Crippen molar-refractivity contribution in [3.63, 3.8) is 0 Å². The number of likely N-dealkylation sites (tertiary alicyclic amines) is 1. The van der Waals surface area contributed by atoms with Gasteiger partial charge in [0.05, 0.1) is 16.9 Å². The Morgan fingerprint density at radius 1 is 1.03 bits per heavy atom. The Hall–Kier alpha value is -2.24. The van der Waals surface area contributed by atoms with Crippen LogP contribution in [0.25, 0.3) is 0 Å². The van der Waals surface area contributed by atoms with Gasteiger partial charge < -0.3 is 19.7 Å². The van der Waals surface area contributed by atoms with Gasteiger partial charge in [0, 0.05) is 18.2 Å². The van der Waals surface area contributed by atoms with Gasteiger partial charge in [0.25, 0.3) is 0 Å². The molecule has 37 heavy (non-hydrogen) atoms. The van der Waals surface area contributed by atoms with E-state index in [0.717, 1.165) is 62.1 Å². The van der Waals surface area contributed by atoms with Crippen LogP contribution in [0.1, 0.15) is 103 Å². The van der Waals surface area contributed by atoms with Gasteiger partial charge in [-0.25, -0.2) is 0 Å². The minimum atomic E-state index is -0.470. The first-order chi connectivity index (χ1) is 17.9. The number of carbonyl (C=O) groups excluding carboxylic acids is 2. The number of carbonyl (C=O) groups is 2. The summed E-state index contributed by atoms with van der Waals surface area (Å²) in [6, 6.07) is 6.27. The second kappa shape index (κ2) is 9.50. The highest BCUT2D eigenvalue weighted by Crippen LogP contribution is 2.65. The van der Waals surface area contributed by atoms with E-state index in [-0.39, 0.29) is 36.1 Å². The molecule has 1 aromatic carbocycles. The molecule has 5 fully saturated rings. The van der Waals surface area contributed by atoms with Crippen molar-refractivity contribution in [3.05, 3.63) is 23.8 Å². The highest BCUT2D eigenvalue weighted by atomic mass is 16.7. The van der Waals surface area contributed by atoms with Crippen LogP contribution in [0.4, 0.5) is 0 Å². The molecule has 1 N–H and O–H groups in total. The molecule has 6 nitrogen and oxygen atoms in total. The summed E-state index contributed by atoms with van der Waals surface area (Å²) in [5, 5.41) is 3.34. The van der Waals surface area contributed by atoms with Crippen LogP contribution in [0.3, 0.4) is 0 Å². The van der Waals surface area contributed by atoms with Crippen LogP contribution in [0.2, 0.25) is 0 Å². The summed E-state index contributed by atoms with van der Waals surface area (Å²) in [5.41, 5.74) is 0.376. The van der Waals surface area contributed by atoms with Crippen LogP contribution in [0, 0.1) is 28.6 Å². The fourth-order valence-electron chi connectivity index (χ4n) is 8.89. The predicted molar refractivity (Wildman–Crippen MR) is 142 cm³/mol. The van der Waals surface area contributed by atoms with Gasteiger partial charge in [-0.05, 0) is 76.2 Å². The van der Waals surface area contributed by atoms with Gasteiger partial charge in [-0.3, -0.25) is 9.59 Å². The molecular formula is C31H44N2O4. The lowest BCUT2D eigenvalue weighted by Crippen LogP contribution is -2.71. The van der Waals surface area contributed by atoms with Gasteiger partial charge >= 0.3 is 0 Å². The summed E-state index contributed by atoms with van der Waals surface area (Å²) < 4.78 is 11.5. The number of rotatable bonds is 10. The number of β-lactam (4-membered cyclic amide) rings is 1. The normalized spacial score (nSPS) is 34.5. The van der Waals surface area contributed by atoms with Crippen LogP contribution >= 0.6 is 0 Å². The van der Waals surface area contributed by atoms with E-state index in [9.17, 15) is 9.59 Å². The van der Waals surface area contributed by atoms with Crippen LogP contribution in [0.15, 0.2) is 18.2 Å². The van der Waals surface area contributed by atoms with E-state index < -0.39 is 5.41 Å². The summed E-state index contributed by atoms with van der Waals surface area (Å²) in [4.78, 5) is 29.4. The monoisotopic (exact) mass is 508 g/mol. The largest absolute Gasteiger partial charge is 0.454 e. The quantitative estimate of drug-likeness (QED) is 0.311. The maximum Gasteiger partial charge on any atom is 0.231 e. The van der Waals surface area contributed by atoms with E-state index in [2.05, 4.69) is 37.1 Å². The number of hydrogen-bond donors (Lipinski definition) is 1. The molecule has 0 spiro atoms. The Balaban J connectivity index is 1.16. The van der Waals surface area contributed by atoms with Gasteiger partial charge in [0.15, 0.2) is 11.5 Å². The van der Waals surface area contributed by atoms with Crippen LogP contribution in [0.5, 0.6) is 11.5 Å². The molecule has 7 rings (SSSR count). The summed E-state index contributed by atoms with van der Waals surface area (Å²) in [6.07, 6.45) is 12.6. The number of unbranched alkanes of at least 4 members (excludes halogenated alkanes) is 5. The zero-order chi connectivity index (χ0) is 25.8. The molecule has 0 radical (unpaired) electrons. The van der Waals surface area contributed by atoms with Gasteiger partial charge in [0.2, 0.25) is 18.6 Å². The highest BCUT2D eigenvalue weighted by Gasteiger charge is 2.66. The molecule has 4 bridgehead atoms. The number of para-hydroxylation sites is 1. The van der Waals surface area contributed by atoms with Gasteiger partial charge in [-0.15, -0.1) is 0 Å². The molecule has 2 heterocycles. The average Bonchev–Trinajstić information content (AvgIpc) is 3.36. The highest BCUT2D eigenvalue weighted by molar-refractivity contribution is 5.91. The minimum absolute atomic E-state index is 0.0170. The first-order valence-electron chi connectivity index (χ1n) is 14.9. The number of amides is 2. The van der Waals surface area contributed by atoms with Gasteiger partial charge in [0.1, 0.15) is 0 Å². The van der Waals surface area contributed by atoms with Crippen molar-refractivity contribution in [2.75, 3.05) is 13.3 Å². The lowest BCUT2D eigenvalue weighted by molar-refractivity contribution is -0.199. The van der Waals surface area contributed by atoms with E-state index in [1.807, 2.05) is 12.1 Å². The number of ether oxygens (including phenoxy) is 2. The van der Waals surface area contributed by atoms with Gasteiger partial charge in [-0.2, -0.15) is 0 Å². The van der Waals surface area contributed by atoms with E-state index >= 15 is 0 Å². The predicted octanol–water partition coefficient (Wildman–Crippen LogP) is 6.00. The van der Waals surface area contributed by atoms with E-state index in [0.29, 0.717) is 17.8 Å². The van der Waals surface area contributed by atoms with E-state index in [1.54, 1.807) is 0 Å². The van der Waals surface area contributed by atoms with Crippen LogP contribution < -0.4 is 14.8 Å². The summed E-state index contributed by atoms with van der Waals surface area (Å²) in [7, 11) is 0. The molecule has 0 aromatic heterocycles. The Labute approximate surface area is 221 Å². The molecule has 4 aliphatic carbocycles. The topological polar surface area (TPSA) is 67.9 Å². The lowest BCUT2D eigenvalue weighted by Gasteiger charge is -2.66. The molecular weight excluding hydrogens is 464 g/mol. The van der Waals surface area contributed by atoms with Crippen molar-refractivity contribution in [1.29, 1.82) is 0 Å². The van der Waals surface area contributed by atoms with Crippen molar-refractivity contribution < 1.29 is 19.1 Å². The maximum absolute atomic E-state index is 13.6. The second-order valence-electron chi connectivity index (χ2n) is 13.2. The number of benzene rings is 1.